The van der Waals surface area contributed by atoms with Gasteiger partial charge in [0.2, 0.25) is 5.72 Å². The molecule has 8 heteroatoms. The van der Waals surface area contributed by atoms with E-state index in [1.807, 2.05) is 0 Å². The van der Waals surface area contributed by atoms with E-state index in [0.29, 0.717) is 27.9 Å². The van der Waals surface area contributed by atoms with Gasteiger partial charge in [-0.25, -0.2) is 0 Å². The molecule has 1 aliphatic rings. The fraction of sp³-hybridized carbons (Fsp3) is 0.933. The quantitative estimate of drug-likeness (QED) is 0.0388. The van der Waals surface area contributed by atoms with Crippen LogP contribution in [-0.2, 0) is 0 Å². The predicted molar refractivity (Wildman–Crippen MR) is 86.9 cm³/mol. The van der Waals surface area contributed by atoms with Crippen LogP contribution in [0.5, 0.6) is 0 Å². The van der Waals surface area contributed by atoms with E-state index in [0.717, 1.165) is 44.9 Å². The van der Waals surface area contributed by atoms with Gasteiger partial charge < -0.3 is 5.11 Å². The van der Waals surface area contributed by atoms with Crippen molar-refractivity contribution in [3.8, 4) is 6.07 Å². The fourth-order valence-electron chi connectivity index (χ4n) is 2.56. The average Bonchev–Trinajstić information content (AvgIpc) is 3.31. The molecule has 0 radical (unpaired) electrons. The van der Waals surface area contributed by atoms with Gasteiger partial charge in [-0.05, 0) is 0 Å². The van der Waals surface area contributed by atoms with Gasteiger partial charge in [0.15, 0.2) is 0 Å². The standard InChI is InChI=1S/C15H32IN6O/c17-10-15(21,23)9-3-7-13(19)5-1-4-12(18)6-2-8-14(20)22-11-16-22/h12-14,23H,1-9,11,18-21H2/q-1. The van der Waals surface area contributed by atoms with E-state index in [1.54, 1.807) is 6.07 Å². The van der Waals surface area contributed by atoms with Gasteiger partial charge in [-0.3, -0.25) is 5.73 Å². The number of nitrogens with two attached hydrogens (primary N) is 4. The third kappa shape index (κ3) is 10.4. The first kappa shape index (κ1) is 21.0. The number of nitriles is 1. The molecule has 5 atom stereocenters. The van der Waals surface area contributed by atoms with Gasteiger partial charge in [0, 0.05) is 6.42 Å². The van der Waals surface area contributed by atoms with E-state index >= 15 is 0 Å². The van der Waals surface area contributed by atoms with E-state index in [2.05, 4.69) is 3.11 Å². The van der Waals surface area contributed by atoms with Gasteiger partial charge in [0.25, 0.3) is 0 Å². The molecule has 0 amide bonds. The number of alkyl halides is 1. The van der Waals surface area contributed by atoms with Crippen molar-refractivity contribution in [1.29, 1.82) is 5.26 Å². The molecule has 1 saturated heterocycles. The molecule has 0 saturated carbocycles. The minimum absolute atomic E-state index is 0.0803. The third-order valence-corrected chi connectivity index (χ3v) is 6.35. The third-order valence-electron chi connectivity index (χ3n) is 4.17. The normalized spacial score (nSPS) is 23.9. The van der Waals surface area contributed by atoms with Crippen LogP contribution in [-0.4, -0.2) is 36.7 Å². The summed E-state index contributed by atoms with van der Waals surface area (Å²) in [5.74, 6) is 0. The van der Waals surface area contributed by atoms with E-state index in [1.165, 1.54) is 4.55 Å². The van der Waals surface area contributed by atoms with Crippen molar-refractivity contribution in [3.05, 3.63) is 0 Å². The Morgan fingerprint density at radius 3 is 2.00 bits per heavy atom. The molecule has 1 fully saturated rings. The van der Waals surface area contributed by atoms with Crippen LogP contribution in [0.2, 0.25) is 0 Å². The topological polar surface area (TPSA) is 151 Å². The molecule has 136 valence electrons. The van der Waals surface area contributed by atoms with Gasteiger partial charge in [0.1, 0.15) is 6.07 Å². The van der Waals surface area contributed by atoms with E-state index in [-0.39, 0.29) is 24.7 Å². The molecule has 0 aliphatic carbocycles. The zero-order valence-electron chi connectivity index (χ0n) is 13.8. The Labute approximate surface area is 150 Å². The molecule has 23 heavy (non-hydrogen) atoms. The van der Waals surface area contributed by atoms with E-state index in [9.17, 15) is 5.11 Å². The summed E-state index contributed by atoms with van der Waals surface area (Å²) in [6.45, 7) is 0. The summed E-state index contributed by atoms with van der Waals surface area (Å²) in [4.78, 5) is 0. The molecule has 0 bridgehead atoms. The van der Waals surface area contributed by atoms with Crippen molar-refractivity contribution in [1.82, 2.24) is 3.11 Å². The summed E-state index contributed by atoms with van der Waals surface area (Å²) in [6, 6.07) is 1.99. The Kier molecular flexibility index (Phi) is 9.84. The molecular weight excluding hydrogens is 407 g/mol. The number of aliphatic hydroxyl groups is 1. The van der Waals surface area contributed by atoms with Crippen LogP contribution < -0.4 is 44.4 Å². The molecule has 1 aliphatic heterocycles. The molecule has 0 aromatic carbocycles. The Bertz CT molecular complexity index is 371. The molecule has 1 heterocycles. The Hall–Kier alpha value is -0.0200. The summed E-state index contributed by atoms with van der Waals surface area (Å²) < 4.78 is 3.62. The first-order valence-electron chi connectivity index (χ1n) is 8.39. The average molecular weight is 439 g/mol. The first-order valence-corrected chi connectivity index (χ1v) is 10.9. The summed E-state index contributed by atoms with van der Waals surface area (Å²) in [5.41, 5.74) is 21.9. The first-order chi connectivity index (χ1) is 10.8. The van der Waals surface area contributed by atoms with Crippen molar-refractivity contribution in [2.24, 2.45) is 22.9 Å². The van der Waals surface area contributed by atoms with Gasteiger partial charge >= 0.3 is 116 Å². The van der Waals surface area contributed by atoms with Crippen LogP contribution >= 0.6 is 0 Å². The molecular formula is C15H32IN6O-. The van der Waals surface area contributed by atoms with Crippen molar-refractivity contribution >= 4 is 0 Å². The Balaban J connectivity index is 1.96. The van der Waals surface area contributed by atoms with Crippen LogP contribution in [0.25, 0.3) is 0 Å². The van der Waals surface area contributed by atoms with Crippen molar-refractivity contribution in [2.75, 3.05) is 4.55 Å². The number of halogens is 1. The second-order valence-corrected chi connectivity index (χ2v) is 9.12. The van der Waals surface area contributed by atoms with Crippen LogP contribution in [0, 0.1) is 11.3 Å². The zero-order chi connectivity index (χ0) is 17.3. The van der Waals surface area contributed by atoms with Gasteiger partial charge in [0.05, 0.1) is 0 Å². The van der Waals surface area contributed by atoms with Crippen LogP contribution in [0.3, 0.4) is 0 Å². The van der Waals surface area contributed by atoms with Crippen molar-refractivity contribution < 1.29 is 26.6 Å². The van der Waals surface area contributed by atoms with Gasteiger partial charge in [-0.15, -0.1) is 0 Å². The Morgan fingerprint density at radius 2 is 1.52 bits per heavy atom. The molecule has 5 unspecified atom stereocenters. The van der Waals surface area contributed by atoms with E-state index in [4.69, 9.17) is 28.2 Å². The Morgan fingerprint density at radius 1 is 1.04 bits per heavy atom. The maximum atomic E-state index is 9.39. The number of rotatable bonds is 13. The maximum absolute atomic E-state index is 9.39. The van der Waals surface area contributed by atoms with Crippen LogP contribution in [0.1, 0.15) is 57.8 Å². The second kappa shape index (κ2) is 10.8. The van der Waals surface area contributed by atoms with Crippen LogP contribution in [0.4, 0.5) is 0 Å². The summed E-state index contributed by atoms with van der Waals surface area (Å²) in [6.07, 6.45) is 8.03. The SMILES string of the molecule is N#CC(N)(O)CCCC(N)CCCC(N)CCCC(N)N1C[I-]1. The molecule has 7 nitrogen and oxygen atoms in total. The summed E-state index contributed by atoms with van der Waals surface area (Å²) in [5, 5.41) is 18.0. The fourth-order valence-corrected chi connectivity index (χ4v) is 4.02. The monoisotopic (exact) mass is 439 g/mol. The number of nitrogens with zero attached hydrogens (tertiary/aromatic N) is 2. The van der Waals surface area contributed by atoms with Crippen molar-refractivity contribution in [2.45, 2.75) is 81.8 Å². The van der Waals surface area contributed by atoms with Gasteiger partial charge in [-0.2, -0.15) is 5.26 Å². The summed E-state index contributed by atoms with van der Waals surface area (Å²) >= 11 is 0.290. The predicted octanol–water partition coefficient (Wildman–Crippen LogP) is -3.12. The number of hydrogen-bond acceptors (Lipinski definition) is 7. The van der Waals surface area contributed by atoms with Crippen molar-refractivity contribution in [3.63, 3.8) is 0 Å². The zero-order valence-corrected chi connectivity index (χ0v) is 16.0. The van der Waals surface area contributed by atoms with Crippen LogP contribution in [0.15, 0.2) is 0 Å². The molecule has 0 aromatic rings. The number of hydrogen-bond donors (Lipinski definition) is 5. The molecule has 0 aromatic heterocycles. The molecule has 1 rings (SSSR count). The van der Waals surface area contributed by atoms with E-state index < -0.39 is 5.72 Å². The minimum atomic E-state index is -1.72. The second-order valence-electron chi connectivity index (χ2n) is 6.52. The summed E-state index contributed by atoms with van der Waals surface area (Å²) in [7, 11) is 0. The van der Waals surface area contributed by atoms with Gasteiger partial charge in [-0.1, -0.05) is 0 Å². The molecule has 9 N–H and O–H groups in total. The molecule has 0 spiro atoms.